The summed E-state index contributed by atoms with van der Waals surface area (Å²) in [7, 11) is -0.342. The van der Waals surface area contributed by atoms with E-state index in [1.54, 1.807) is 0 Å². The molecule has 3 N–H and O–H groups in total. The minimum atomic E-state index is -0.976. The number of aromatic amines is 1. The molecule has 0 aliphatic carbocycles. The zero-order chi connectivity index (χ0) is 13.7. The average molecular weight is 276 g/mol. The van der Waals surface area contributed by atoms with E-state index < -0.39 is 12.0 Å². The van der Waals surface area contributed by atoms with Gasteiger partial charge >= 0.3 is 110 Å². The van der Waals surface area contributed by atoms with E-state index in [9.17, 15) is 9.36 Å². The Morgan fingerprint density at radius 3 is 3.00 bits per heavy atom. The van der Waals surface area contributed by atoms with Crippen LogP contribution in [-0.2, 0) is 15.8 Å². The zero-order valence-electron chi connectivity index (χ0n) is 10.1. The molecule has 0 fully saturated rings. The summed E-state index contributed by atoms with van der Waals surface area (Å²) in [6.07, 6.45) is 2.91. The molecule has 0 radical (unpaired) electrons. The van der Waals surface area contributed by atoms with Gasteiger partial charge in [0.25, 0.3) is 0 Å². The van der Waals surface area contributed by atoms with Gasteiger partial charge in [-0.15, -0.1) is 0 Å². The van der Waals surface area contributed by atoms with Gasteiger partial charge in [-0.1, -0.05) is 0 Å². The second kappa shape index (κ2) is 6.39. The van der Waals surface area contributed by atoms with Crippen LogP contribution in [0.4, 0.5) is 0 Å². The number of fused-ring (bicyclic) bond motifs is 1. The molecule has 0 aliphatic rings. The zero-order valence-corrected chi connectivity index (χ0v) is 11.0. The summed E-state index contributed by atoms with van der Waals surface area (Å²) >= 11 is 0. The van der Waals surface area contributed by atoms with Crippen LogP contribution in [0.1, 0.15) is 12.0 Å². The molecule has 0 amide bonds. The van der Waals surface area contributed by atoms with E-state index in [1.165, 1.54) is 0 Å². The standard InChI is InChI=1S/C13H13N2O3P/c16-13(17)12(15-8-19-18)6-5-9-7-14-11-4-2-1-3-10(9)11/h1-4,7,12,14-15H,5-6H2,(H,16,17)/t12-/m0/s1. The Labute approximate surface area is 111 Å². The molecule has 1 heterocycles. The van der Waals surface area contributed by atoms with Crippen LogP contribution in [0.3, 0.4) is 0 Å². The average Bonchev–Trinajstić information content (AvgIpc) is 2.82. The first-order valence-electron chi connectivity index (χ1n) is 5.83. The van der Waals surface area contributed by atoms with Crippen molar-refractivity contribution in [3.63, 3.8) is 0 Å². The second-order valence-corrected chi connectivity index (χ2v) is 4.54. The van der Waals surface area contributed by atoms with E-state index in [0.717, 1.165) is 16.5 Å². The molecule has 0 unspecified atom stereocenters. The molecule has 1 atom stereocenters. The molecular formula is C13H13N2O3P. The first-order valence-corrected chi connectivity index (χ1v) is 6.64. The van der Waals surface area contributed by atoms with Gasteiger partial charge in [-0.25, -0.2) is 0 Å². The number of carboxylic acids is 1. The third-order valence-electron chi connectivity index (χ3n) is 2.96. The predicted molar refractivity (Wildman–Crippen MR) is 72.7 cm³/mol. The van der Waals surface area contributed by atoms with E-state index in [0.29, 0.717) is 12.8 Å². The number of carboxylic acid groups (broad SMARTS) is 1. The van der Waals surface area contributed by atoms with Gasteiger partial charge in [0.15, 0.2) is 0 Å². The molecule has 5 nitrogen and oxygen atoms in total. The van der Waals surface area contributed by atoms with Gasteiger partial charge in [0, 0.05) is 0 Å². The van der Waals surface area contributed by atoms with Crippen LogP contribution in [-0.4, -0.2) is 22.1 Å². The SMILES string of the molecule is O=P#CN[C@@H](CCc1c[nH]c2ccccc12)C(=O)O. The number of hydrogen-bond donors (Lipinski definition) is 3. The Morgan fingerprint density at radius 2 is 2.26 bits per heavy atom. The summed E-state index contributed by atoms with van der Waals surface area (Å²) in [5.41, 5.74) is 2.11. The Balaban J connectivity index is 2.09. The first kappa shape index (κ1) is 13.6. The van der Waals surface area contributed by atoms with Crippen molar-refractivity contribution in [1.29, 1.82) is 0 Å². The molecule has 2 rings (SSSR count). The molecule has 1 aromatic carbocycles. The normalized spacial score (nSPS) is 12.0. The van der Waals surface area contributed by atoms with Crippen LogP contribution in [0.15, 0.2) is 30.5 Å². The molecular weight excluding hydrogens is 263 g/mol. The Morgan fingerprint density at radius 1 is 1.47 bits per heavy atom. The van der Waals surface area contributed by atoms with E-state index in [1.807, 2.05) is 30.5 Å². The number of aromatic nitrogens is 1. The summed E-state index contributed by atoms with van der Waals surface area (Å²) < 4.78 is 10.3. The predicted octanol–water partition coefficient (Wildman–Crippen LogP) is 2.35. The summed E-state index contributed by atoms with van der Waals surface area (Å²) in [5.74, 6) is 1.30. The molecule has 98 valence electrons. The van der Waals surface area contributed by atoms with Crippen LogP contribution in [0, 0.1) is 5.75 Å². The van der Waals surface area contributed by atoms with Crippen molar-refractivity contribution < 1.29 is 14.5 Å². The number of nitrogens with one attached hydrogen (secondary N) is 2. The van der Waals surface area contributed by atoms with Crippen LogP contribution in [0.2, 0.25) is 0 Å². The molecule has 0 saturated carbocycles. The maximum absolute atomic E-state index is 11.0. The quantitative estimate of drug-likeness (QED) is 0.578. The molecule has 0 spiro atoms. The molecule has 0 aliphatic heterocycles. The van der Waals surface area contributed by atoms with Crippen molar-refractivity contribution in [2.75, 3.05) is 0 Å². The molecule has 0 bridgehead atoms. The van der Waals surface area contributed by atoms with Crippen LogP contribution in [0.25, 0.3) is 10.9 Å². The summed E-state index contributed by atoms with van der Waals surface area (Å²) in [5, 5.41) is 12.6. The molecule has 2 aromatic rings. The van der Waals surface area contributed by atoms with E-state index in [4.69, 9.17) is 5.11 Å². The Kier molecular flexibility index (Phi) is 4.58. The molecule has 6 heteroatoms. The van der Waals surface area contributed by atoms with Gasteiger partial charge in [0.2, 0.25) is 0 Å². The molecule has 1 aromatic heterocycles. The Hall–Kier alpha value is -1.80. The number of H-pyrrole nitrogens is 1. The minimum absolute atomic E-state index is 0.342. The van der Waals surface area contributed by atoms with Gasteiger partial charge in [0.1, 0.15) is 0 Å². The second-order valence-electron chi connectivity index (χ2n) is 4.14. The van der Waals surface area contributed by atoms with Crippen LogP contribution in [0.5, 0.6) is 0 Å². The van der Waals surface area contributed by atoms with Crippen LogP contribution < -0.4 is 5.32 Å². The number of benzene rings is 1. The third kappa shape index (κ3) is 3.36. The summed E-state index contributed by atoms with van der Waals surface area (Å²) in [6.45, 7) is 0. The summed E-state index contributed by atoms with van der Waals surface area (Å²) in [4.78, 5) is 14.2. The number of para-hydroxylation sites is 1. The van der Waals surface area contributed by atoms with Crippen molar-refractivity contribution in [1.82, 2.24) is 10.3 Å². The fourth-order valence-corrected chi connectivity index (χ4v) is 2.21. The van der Waals surface area contributed by atoms with Crippen molar-refractivity contribution in [2.45, 2.75) is 18.9 Å². The van der Waals surface area contributed by atoms with Gasteiger partial charge < -0.3 is 0 Å². The van der Waals surface area contributed by atoms with Crippen molar-refractivity contribution in [3.8, 4) is 5.75 Å². The fraction of sp³-hybridized carbons (Fsp3) is 0.231. The van der Waals surface area contributed by atoms with Crippen molar-refractivity contribution >= 4 is 24.8 Å². The fourth-order valence-electron chi connectivity index (χ4n) is 2.00. The summed E-state index contributed by atoms with van der Waals surface area (Å²) in [6, 6.07) is 7.09. The van der Waals surface area contributed by atoms with Gasteiger partial charge in [-0.3, -0.25) is 0 Å². The molecule has 0 saturated heterocycles. The maximum atomic E-state index is 11.0. The number of aryl methyl sites for hydroxylation is 1. The van der Waals surface area contributed by atoms with Crippen molar-refractivity contribution in [3.05, 3.63) is 36.0 Å². The number of hydrogen-bond acceptors (Lipinski definition) is 3. The van der Waals surface area contributed by atoms with E-state index >= 15 is 0 Å². The topological polar surface area (TPSA) is 82.2 Å². The number of aliphatic carboxylic acids is 1. The number of rotatable bonds is 5. The monoisotopic (exact) mass is 276 g/mol. The number of carbonyl (C=O) groups is 1. The van der Waals surface area contributed by atoms with Gasteiger partial charge in [0.05, 0.1) is 0 Å². The first-order chi connectivity index (χ1) is 9.22. The van der Waals surface area contributed by atoms with E-state index in [-0.39, 0.29) is 7.92 Å². The van der Waals surface area contributed by atoms with Gasteiger partial charge in [-0.2, -0.15) is 0 Å². The Bertz CT molecular complexity index is 690. The third-order valence-corrected chi connectivity index (χ3v) is 3.18. The molecule has 19 heavy (non-hydrogen) atoms. The van der Waals surface area contributed by atoms with Gasteiger partial charge in [-0.05, 0) is 0 Å². The van der Waals surface area contributed by atoms with E-state index in [2.05, 4.69) is 16.1 Å². The van der Waals surface area contributed by atoms with Crippen LogP contribution >= 0.6 is 7.92 Å². The van der Waals surface area contributed by atoms with Crippen molar-refractivity contribution in [2.24, 2.45) is 0 Å².